The molecular formula is C84H141NO13. The van der Waals surface area contributed by atoms with Gasteiger partial charge in [0.05, 0.1) is 32.0 Å². The fraction of sp³-hybridized carbons (Fsp3) is 0.702. The summed E-state index contributed by atoms with van der Waals surface area (Å²) >= 11 is 0. The van der Waals surface area contributed by atoms with Crippen LogP contribution in [0, 0.1) is 0 Å². The summed E-state index contributed by atoms with van der Waals surface area (Å²) in [5, 5.41) is 87.6. The van der Waals surface area contributed by atoms with E-state index < -0.39 is 86.8 Å². The second-order valence-corrected chi connectivity index (χ2v) is 26.7. The van der Waals surface area contributed by atoms with E-state index in [-0.39, 0.29) is 18.9 Å². The summed E-state index contributed by atoms with van der Waals surface area (Å²) in [5.41, 5.74) is 0. The molecule has 2 aliphatic heterocycles. The van der Waals surface area contributed by atoms with Gasteiger partial charge in [0.2, 0.25) is 5.91 Å². The number of amides is 1. The molecule has 0 aromatic heterocycles. The highest BCUT2D eigenvalue weighted by Crippen LogP contribution is 2.30. The molecule has 0 bridgehead atoms. The number of aliphatic hydroxyl groups is 8. The molecule has 2 aliphatic rings. The Morgan fingerprint density at radius 2 is 0.714 bits per heavy atom. The topological polar surface area (TPSA) is 228 Å². The molecule has 0 aromatic carbocycles. The highest BCUT2D eigenvalue weighted by atomic mass is 16.7. The SMILES string of the molecule is CC/C=C\C/C=C\C/C=C\C/C=C\C/C=C\C/C=C\C/C=C\C/C=C\C/C=C\CCCCCCCCCC(=O)NC(COC1OC(CO)C(OC2OC(CO)C(O)C(O)C2O)C(O)C1O)C(O)/C=C/CC/C=C/CC/C=C/CCCCCCCCCCCCCCCCCCCCC. The molecule has 0 radical (unpaired) electrons. The molecule has 12 atom stereocenters. The average Bonchev–Trinajstić information content (AvgIpc) is 0.797. The zero-order chi connectivity index (χ0) is 70.8. The maximum absolute atomic E-state index is 13.4. The minimum atomic E-state index is -1.80. The largest absolute Gasteiger partial charge is 0.394 e. The highest BCUT2D eigenvalue weighted by molar-refractivity contribution is 5.76. The Labute approximate surface area is 595 Å². The standard InChI is InChI=1S/C84H141NO13/c1-3-5-7-9-11-13-15-17-19-21-23-25-27-29-31-33-34-35-36-37-38-40-42-44-46-48-50-52-54-56-58-60-62-64-66-68-76(89)85-72(71-95-83-81(94)79(92)82(75(70-87)97-83)98-84-80(93)78(91)77(90)74(69-86)96-84)73(88)67-65-63-61-59-57-55-53-51-49-47-45-43-41-39-32-30-28-26-24-22-20-18-16-14-12-10-8-6-4-2/h5,7,11,13,17,19,23,25,29,31,34-35,37-38,42,44,48-51,57,59,65,67,72-75,77-84,86-88,90-94H,3-4,6,8-10,12,14-16,18,20-22,24,26-28,30,32-33,36,39-41,43,45-47,52-56,58,60-64,66,68-71H2,1-2H3,(H,85,89)/b7-5-,13-11-,19-17-,25-23-,31-29-,35-34-,38-37-,44-42-,50-48-,51-49+,59-57+,67-65+. The fourth-order valence-electron chi connectivity index (χ4n) is 11.8. The molecule has 9 N–H and O–H groups in total. The number of hydrogen-bond acceptors (Lipinski definition) is 13. The average molecular weight is 1370 g/mol. The number of carbonyl (C=O) groups excluding carboxylic acids is 1. The lowest BCUT2D eigenvalue weighted by molar-refractivity contribution is -0.359. The fourth-order valence-corrected chi connectivity index (χ4v) is 11.8. The van der Waals surface area contributed by atoms with E-state index in [1.807, 2.05) is 6.08 Å². The van der Waals surface area contributed by atoms with Gasteiger partial charge in [0.15, 0.2) is 12.6 Å². The molecule has 14 heteroatoms. The lowest BCUT2D eigenvalue weighted by Crippen LogP contribution is -2.65. The Morgan fingerprint density at radius 1 is 0.378 bits per heavy atom. The molecule has 560 valence electrons. The van der Waals surface area contributed by atoms with Gasteiger partial charge in [-0.05, 0) is 116 Å². The van der Waals surface area contributed by atoms with E-state index in [9.17, 15) is 45.6 Å². The van der Waals surface area contributed by atoms with E-state index in [2.05, 4.69) is 153 Å². The highest BCUT2D eigenvalue weighted by Gasteiger charge is 2.51. The van der Waals surface area contributed by atoms with E-state index in [4.69, 9.17) is 18.9 Å². The van der Waals surface area contributed by atoms with Crippen LogP contribution in [-0.4, -0.2) is 140 Å². The Kier molecular flexibility index (Phi) is 60.7. The van der Waals surface area contributed by atoms with Gasteiger partial charge in [0.1, 0.15) is 48.8 Å². The number of nitrogens with one attached hydrogen (secondary N) is 1. The van der Waals surface area contributed by atoms with Crippen molar-refractivity contribution in [1.82, 2.24) is 5.32 Å². The first kappa shape index (κ1) is 90.0. The lowest BCUT2D eigenvalue weighted by atomic mass is 9.97. The van der Waals surface area contributed by atoms with E-state index in [1.54, 1.807) is 6.08 Å². The summed E-state index contributed by atoms with van der Waals surface area (Å²) in [6.45, 7) is 2.67. The van der Waals surface area contributed by atoms with Gasteiger partial charge in [-0.3, -0.25) is 4.79 Å². The van der Waals surface area contributed by atoms with E-state index in [0.29, 0.717) is 12.8 Å². The van der Waals surface area contributed by atoms with Crippen LogP contribution in [0.3, 0.4) is 0 Å². The summed E-state index contributed by atoms with van der Waals surface area (Å²) in [6, 6.07) is -0.958. The van der Waals surface area contributed by atoms with Crippen molar-refractivity contribution in [3.05, 3.63) is 146 Å². The minimum absolute atomic E-state index is 0.247. The smallest absolute Gasteiger partial charge is 0.220 e. The first-order valence-corrected chi connectivity index (χ1v) is 39.1. The molecule has 2 rings (SSSR count). The normalized spacial score (nSPS) is 22.9. The number of unbranched alkanes of at least 4 members (excludes halogenated alkanes) is 28. The number of aliphatic hydroxyl groups excluding tert-OH is 8. The van der Waals surface area contributed by atoms with Gasteiger partial charge in [-0.15, -0.1) is 0 Å². The number of carbonyl (C=O) groups is 1. The van der Waals surface area contributed by atoms with Gasteiger partial charge in [-0.1, -0.05) is 307 Å². The van der Waals surface area contributed by atoms with Crippen molar-refractivity contribution >= 4 is 5.91 Å². The van der Waals surface area contributed by atoms with E-state index in [1.165, 1.54) is 122 Å². The quantitative estimate of drug-likeness (QED) is 0.0204. The molecule has 2 fully saturated rings. The van der Waals surface area contributed by atoms with Crippen molar-refractivity contribution < 1.29 is 64.6 Å². The van der Waals surface area contributed by atoms with Crippen LogP contribution in [0.1, 0.15) is 284 Å². The summed E-state index contributed by atoms with van der Waals surface area (Å²) < 4.78 is 22.9. The van der Waals surface area contributed by atoms with E-state index >= 15 is 0 Å². The van der Waals surface area contributed by atoms with Gasteiger partial charge in [-0.2, -0.15) is 0 Å². The van der Waals surface area contributed by atoms with Crippen LogP contribution in [0.15, 0.2) is 146 Å². The Bertz CT molecular complexity index is 2210. The van der Waals surface area contributed by atoms with Crippen molar-refractivity contribution in [2.24, 2.45) is 0 Å². The van der Waals surface area contributed by atoms with Crippen LogP contribution < -0.4 is 5.32 Å². The zero-order valence-corrected chi connectivity index (χ0v) is 61.2. The molecule has 2 saturated heterocycles. The van der Waals surface area contributed by atoms with Crippen LogP contribution in [-0.2, 0) is 23.7 Å². The van der Waals surface area contributed by atoms with Crippen molar-refractivity contribution in [1.29, 1.82) is 0 Å². The third kappa shape index (κ3) is 48.7. The third-order valence-electron chi connectivity index (χ3n) is 18.0. The molecule has 0 saturated carbocycles. The molecule has 98 heavy (non-hydrogen) atoms. The van der Waals surface area contributed by atoms with Crippen molar-refractivity contribution in [3.8, 4) is 0 Å². The predicted octanol–water partition coefficient (Wildman–Crippen LogP) is 17.6. The Balaban J connectivity index is 1.68. The third-order valence-corrected chi connectivity index (χ3v) is 18.0. The summed E-state index contributed by atoms with van der Waals surface area (Å²) in [5.74, 6) is -0.269. The Hall–Kier alpha value is -4.13. The van der Waals surface area contributed by atoms with Gasteiger partial charge in [0, 0.05) is 6.42 Å². The lowest BCUT2D eigenvalue weighted by Gasteiger charge is -2.46. The molecule has 0 aliphatic carbocycles. The van der Waals surface area contributed by atoms with Gasteiger partial charge < -0.3 is 65.1 Å². The van der Waals surface area contributed by atoms with Crippen LogP contribution in [0.25, 0.3) is 0 Å². The summed E-state index contributed by atoms with van der Waals surface area (Å²) in [7, 11) is 0. The van der Waals surface area contributed by atoms with Gasteiger partial charge >= 0.3 is 0 Å². The summed E-state index contributed by atoms with van der Waals surface area (Å²) in [4.78, 5) is 13.4. The zero-order valence-electron chi connectivity index (χ0n) is 61.2. The number of ether oxygens (including phenoxy) is 4. The van der Waals surface area contributed by atoms with Crippen LogP contribution in [0.4, 0.5) is 0 Å². The first-order chi connectivity index (χ1) is 48.1. The van der Waals surface area contributed by atoms with Gasteiger partial charge in [-0.25, -0.2) is 0 Å². The van der Waals surface area contributed by atoms with Crippen molar-refractivity contribution in [2.45, 2.75) is 357 Å². The van der Waals surface area contributed by atoms with Crippen LogP contribution in [0.5, 0.6) is 0 Å². The van der Waals surface area contributed by atoms with E-state index in [0.717, 1.165) is 128 Å². The number of allylic oxidation sites excluding steroid dienone is 23. The molecule has 0 spiro atoms. The minimum Gasteiger partial charge on any atom is -0.394 e. The molecule has 0 aromatic rings. The molecule has 1 amide bonds. The monoisotopic (exact) mass is 1370 g/mol. The maximum atomic E-state index is 13.4. The van der Waals surface area contributed by atoms with Crippen molar-refractivity contribution in [3.63, 3.8) is 0 Å². The molecular weight excluding hydrogens is 1230 g/mol. The Morgan fingerprint density at radius 3 is 1.12 bits per heavy atom. The number of hydrogen-bond donors (Lipinski definition) is 9. The van der Waals surface area contributed by atoms with Crippen molar-refractivity contribution in [2.75, 3.05) is 19.8 Å². The molecule has 14 nitrogen and oxygen atoms in total. The van der Waals surface area contributed by atoms with Crippen LogP contribution >= 0.6 is 0 Å². The summed E-state index contributed by atoms with van der Waals surface area (Å²) in [6.07, 6.45) is 83.4. The second kappa shape index (κ2) is 66.1. The van der Waals surface area contributed by atoms with Gasteiger partial charge in [0.25, 0.3) is 0 Å². The van der Waals surface area contributed by atoms with Crippen LogP contribution in [0.2, 0.25) is 0 Å². The first-order valence-electron chi connectivity index (χ1n) is 39.1. The maximum Gasteiger partial charge on any atom is 0.220 e. The molecule has 2 heterocycles. The second-order valence-electron chi connectivity index (χ2n) is 26.7. The number of rotatable bonds is 63. The predicted molar refractivity (Wildman–Crippen MR) is 405 cm³/mol. The molecule has 12 unspecified atom stereocenters.